The average molecular weight is 293 g/mol. The number of hydrogen-bond acceptors (Lipinski definition) is 2. The van der Waals surface area contributed by atoms with E-state index < -0.39 is 0 Å². The summed E-state index contributed by atoms with van der Waals surface area (Å²) in [5.41, 5.74) is 1.72. The predicted molar refractivity (Wildman–Crippen MR) is 85.3 cm³/mol. The van der Waals surface area contributed by atoms with Gasteiger partial charge in [-0.3, -0.25) is 4.90 Å². The second-order valence-corrected chi connectivity index (χ2v) is 6.91. The topological polar surface area (TPSA) is 15.3 Å². The summed E-state index contributed by atoms with van der Waals surface area (Å²) >= 11 is 6.14. The first-order chi connectivity index (χ1) is 9.69. The Bertz CT molecular complexity index is 449. The number of nitrogens with zero attached hydrogens (tertiary/aromatic N) is 1. The Hall–Kier alpha value is -0.570. The molecular formula is C17H25ClN2. The van der Waals surface area contributed by atoms with Gasteiger partial charge < -0.3 is 5.32 Å². The molecule has 3 heteroatoms. The van der Waals surface area contributed by atoms with Gasteiger partial charge in [-0.15, -0.1) is 0 Å². The number of hydrogen-bond donors (Lipinski definition) is 1. The Labute approximate surface area is 127 Å². The van der Waals surface area contributed by atoms with E-state index in [1.54, 1.807) is 0 Å². The van der Waals surface area contributed by atoms with Crippen LogP contribution in [0.5, 0.6) is 0 Å². The van der Waals surface area contributed by atoms with Crippen molar-refractivity contribution < 1.29 is 0 Å². The van der Waals surface area contributed by atoms with Crippen molar-refractivity contribution >= 4 is 11.6 Å². The summed E-state index contributed by atoms with van der Waals surface area (Å²) in [5, 5.41) is 4.66. The molecule has 0 amide bonds. The van der Waals surface area contributed by atoms with E-state index in [-0.39, 0.29) is 0 Å². The van der Waals surface area contributed by atoms with E-state index in [9.17, 15) is 0 Å². The van der Waals surface area contributed by atoms with Gasteiger partial charge in [-0.2, -0.15) is 0 Å². The maximum Gasteiger partial charge on any atom is 0.0409 e. The highest BCUT2D eigenvalue weighted by molar-refractivity contribution is 6.30. The molecule has 0 bridgehead atoms. The summed E-state index contributed by atoms with van der Waals surface area (Å²) < 4.78 is 0. The van der Waals surface area contributed by atoms with E-state index in [4.69, 9.17) is 11.6 Å². The molecule has 2 aliphatic rings. The molecule has 1 N–H and O–H groups in total. The Morgan fingerprint density at radius 2 is 2.05 bits per heavy atom. The quantitative estimate of drug-likeness (QED) is 0.886. The van der Waals surface area contributed by atoms with Crippen molar-refractivity contribution in [3.05, 3.63) is 34.9 Å². The van der Waals surface area contributed by atoms with E-state index in [0.717, 1.165) is 18.1 Å². The molecule has 0 aromatic heterocycles. The molecule has 0 radical (unpaired) electrons. The normalized spacial score (nSPS) is 24.7. The van der Waals surface area contributed by atoms with Gasteiger partial charge in [-0.25, -0.2) is 0 Å². The lowest BCUT2D eigenvalue weighted by molar-refractivity contribution is 0.0730. The standard InChI is InChI=1S/C17H25ClN2/c1-14(15-6-5-7-16(18)12-15)20-11-10-19-17(13-20)8-3-2-4-9-17/h5-7,12,14,19H,2-4,8-11,13H2,1H3. The van der Waals surface area contributed by atoms with E-state index >= 15 is 0 Å². The Balaban J connectivity index is 1.73. The SMILES string of the molecule is CC(c1cccc(Cl)c1)N1CCNC2(CCCCC2)C1. The smallest absolute Gasteiger partial charge is 0.0409 e. The van der Waals surface area contributed by atoms with Gasteiger partial charge >= 0.3 is 0 Å². The lowest BCUT2D eigenvalue weighted by Gasteiger charge is -2.48. The zero-order valence-corrected chi connectivity index (χ0v) is 13.1. The molecule has 1 saturated carbocycles. The van der Waals surface area contributed by atoms with Gasteiger partial charge in [0.1, 0.15) is 0 Å². The van der Waals surface area contributed by atoms with Crippen LogP contribution in [0.3, 0.4) is 0 Å². The minimum Gasteiger partial charge on any atom is -0.309 e. The van der Waals surface area contributed by atoms with Crippen molar-refractivity contribution in [2.24, 2.45) is 0 Å². The lowest BCUT2D eigenvalue weighted by atomic mass is 9.79. The maximum absolute atomic E-state index is 6.14. The van der Waals surface area contributed by atoms with Crippen LogP contribution in [0.1, 0.15) is 50.6 Å². The van der Waals surface area contributed by atoms with Crippen LogP contribution < -0.4 is 5.32 Å². The van der Waals surface area contributed by atoms with Gasteiger partial charge in [-0.05, 0) is 37.5 Å². The van der Waals surface area contributed by atoms with Crippen molar-refractivity contribution in [2.75, 3.05) is 19.6 Å². The molecule has 1 atom stereocenters. The molecule has 2 fully saturated rings. The van der Waals surface area contributed by atoms with Gasteiger partial charge in [-0.1, -0.05) is 43.0 Å². The highest BCUT2D eigenvalue weighted by Crippen LogP contribution is 2.33. The van der Waals surface area contributed by atoms with Gasteiger partial charge in [0.2, 0.25) is 0 Å². The zero-order chi connectivity index (χ0) is 14.0. The van der Waals surface area contributed by atoms with Crippen molar-refractivity contribution in [1.29, 1.82) is 0 Å². The molecule has 1 heterocycles. The molecule has 1 aromatic carbocycles. The molecule has 110 valence electrons. The average Bonchev–Trinajstić information content (AvgIpc) is 2.47. The van der Waals surface area contributed by atoms with Crippen LogP contribution in [0.2, 0.25) is 5.02 Å². The number of halogens is 1. The third-order valence-electron chi connectivity index (χ3n) is 5.09. The third kappa shape index (κ3) is 3.03. The van der Waals surface area contributed by atoms with Crippen LogP contribution in [-0.2, 0) is 0 Å². The minimum absolute atomic E-state index is 0.378. The van der Waals surface area contributed by atoms with Crippen molar-refractivity contribution in [2.45, 2.75) is 50.6 Å². The second-order valence-electron chi connectivity index (χ2n) is 6.47. The van der Waals surface area contributed by atoms with Crippen LogP contribution in [0.25, 0.3) is 0 Å². The Morgan fingerprint density at radius 1 is 1.25 bits per heavy atom. The molecule has 1 aromatic rings. The molecule has 1 unspecified atom stereocenters. The van der Waals surface area contributed by atoms with Crippen LogP contribution in [-0.4, -0.2) is 30.1 Å². The first-order valence-corrected chi connectivity index (χ1v) is 8.31. The molecule has 2 nitrogen and oxygen atoms in total. The summed E-state index contributed by atoms with van der Waals surface area (Å²) in [6, 6.07) is 8.79. The molecule has 1 aliphatic heterocycles. The Morgan fingerprint density at radius 3 is 2.80 bits per heavy atom. The fourth-order valence-corrected chi connectivity index (χ4v) is 4.06. The largest absolute Gasteiger partial charge is 0.309 e. The van der Waals surface area contributed by atoms with E-state index in [0.29, 0.717) is 11.6 Å². The van der Waals surface area contributed by atoms with Crippen LogP contribution in [0, 0.1) is 0 Å². The lowest BCUT2D eigenvalue weighted by Crippen LogP contribution is -2.61. The van der Waals surface area contributed by atoms with Crippen molar-refractivity contribution in [3.63, 3.8) is 0 Å². The van der Waals surface area contributed by atoms with Crippen molar-refractivity contribution in [1.82, 2.24) is 10.2 Å². The van der Waals surface area contributed by atoms with E-state index in [1.807, 2.05) is 6.07 Å². The fourth-order valence-electron chi connectivity index (χ4n) is 3.86. The van der Waals surface area contributed by atoms with Gasteiger partial charge in [0, 0.05) is 36.2 Å². The third-order valence-corrected chi connectivity index (χ3v) is 5.33. The van der Waals surface area contributed by atoms with Crippen molar-refractivity contribution in [3.8, 4) is 0 Å². The molecule has 1 saturated heterocycles. The summed E-state index contributed by atoms with van der Waals surface area (Å²) in [5.74, 6) is 0. The second kappa shape index (κ2) is 6.05. The van der Waals surface area contributed by atoms with Crippen LogP contribution in [0.15, 0.2) is 24.3 Å². The van der Waals surface area contributed by atoms with Gasteiger partial charge in [0.05, 0.1) is 0 Å². The van der Waals surface area contributed by atoms with Gasteiger partial charge in [0.25, 0.3) is 0 Å². The zero-order valence-electron chi connectivity index (χ0n) is 12.4. The molecule has 20 heavy (non-hydrogen) atoms. The van der Waals surface area contributed by atoms with Crippen LogP contribution >= 0.6 is 11.6 Å². The summed E-state index contributed by atoms with van der Waals surface area (Å²) in [6.07, 6.45) is 6.85. The predicted octanol–water partition coefficient (Wildman–Crippen LogP) is 4.01. The van der Waals surface area contributed by atoms with Gasteiger partial charge in [0.15, 0.2) is 0 Å². The summed E-state index contributed by atoms with van der Waals surface area (Å²) in [7, 11) is 0. The Kier molecular flexibility index (Phi) is 4.34. The number of rotatable bonds is 2. The molecule has 3 rings (SSSR count). The summed E-state index contributed by atoms with van der Waals surface area (Å²) in [6.45, 7) is 5.74. The summed E-state index contributed by atoms with van der Waals surface area (Å²) in [4.78, 5) is 2.63. The number of benzene rings is 1. The minimum atomic E-state index is 0.378. The number of nitrogens with one attached hydrogen (secondary N) is 1. The monoisotopic (exact) mass is 292 g/mol. The van der Waals surface area contributed by atoms with E-state index in [2.05, 4.69) is 35.3 Å². The number of piperazine rings is 1. The first-order valence-electron chi connectivity index (χ1n) is 7.93. The fraction of sp³-hybridized carbons (Fsp3) is 0.647. The molecular weight excluding hydrogens is 268 g/mol. The molecule has 1 aliphatic carbocycles. The molecule has 1 spiro atoms. The first kappa shape index (κ1) is 14.4. The maximum atomic E-state index is 6.14. The van der Waals surface area contributed by atoms with Crippen LogP contribution in [0.4, 0.5) is 0 Å². The highest BCUT2D eigenvalue weighted by Gasteiger charge is 2.37. The highest BCUT2D eigenvalue weighted by atomic mass is 35.5. The van der Waals surface area contributed by atoms with E-state index in [1.165, 1.54) is 44.2 Å².